The predicted octanol–water partition coefficient (Wildman–Crippen LogP) is 2.43. The Morgan fingerprint density at radius 1 is 1.71 bits per heavy atom. The minimum absolute atomic E-state index is 0.240. The molecule has 1 saturated heterocycles. The van der Waals surface area contributed by atoms with Gasteiger partial charge in [0.1, 0.15) is 0 Å². The highest BCUT2D eigenvalue weighted by molar-refractivity contribution is 7.09. The Morgan fingerprint density at radius 3 is 3.21 bits per heavy atom. The Kier molecular flexibility index (Phi) is 2.68. The predicted molar refractivity (Wildman–Crippen MR) is 58.1 cm³/mol. The SMILES string of the molecule is C=C[C@@H]1CCC(=O)N1Cc1cccs1. The van der Waals surface area contributed by atoms with Crippen LogP contribution in [0.2, 0.25) is 0 Å². The second-order valence-electron chi connectivity index (χ2n) is 3.44. The van der Waals surface area contributed by atoms with Gasteiger partial charge in [-0.05, 0) is 17.9 Å². The summed E-state index contributed by atoms with van der Waals surface area (Å²) in [5.41, 5.74) is 0. The van der Waals surface area contributed by atoms with Crippen molar-refractivity contribution >= 4 is 17.2 Å². The number of thiophene rings is 1. The zero-order valence-electron chi connectivity index (χ0n) is 7.98. The summed E-state index contributed by atoms with van der Waals surface area (Å²) in [7, 11) is 0. The molecule has 1 aliphatic rings. The zero-order valence-corrected chi connectivity index (χ0v) is 8.80. The van der Waals surface area contributed by atoms with Gasteiger partial charge in [0.05, 0.1) is 12.6 Å². The van der Waals surface area contributed by atoms with Crippen molar-refractivity contribution in [1.29, 1.82) is 0 Å². The fraction of sp³-hybridized carbons (Fsp3) is 0.364. The van der Waals surface area contributed by atoms with Gasteiger partial charge in [0.2, 0.25) is 5.91 Å². The Morgan fingerprint density at radius 2 is 2.57 bits per heavy atom. The van der Waals surface area contributed by atoms with E-state index in [1.165, 1.54) is 4.88 Å². The molecule has 0 N–H and O–H groups in total. The van der Waals surface area contributed by atoms with Gasteiger partial charge in [-0.2, -0.15) is 0 Å². The summed E-state index contributed by atoms with van der Waals surface area (Å²) in [4.78, 5) is 14.7. The summed E-state index contributed by atoms with van der Waals surface area (Å²) in [5.74, 6) is 0.253. The summed E-state index contributed by atoms with van der Waals surface area (Å²) >= 11 is 1.70. The lowest BCUT2D eigenvalue weighted by Gasteiger charge is -2.21. The van der Waals surface area contributed by atoms with Crippen LogP contribution in [-0.2, 0) is 11.3 Å². The van der Waals surface area contributed by atoms with Crippen LogP contribution < -0.4 is 0 Å². The molecule has 0 spiro atoms. The maximum Gasteiger partial charge on any atom is 0.223 e. The van der Waals surface area contributed by atoms with Crippen molar-refractivity contribution in [2.45, 2.75) is 25.4 Å². The first-order valence-electron chi connectivity index (χ1n) is 4.75. The Bertz CT molecular complexity index is 331. The van der Waals surface area contributed by atoms with Crippen molar-refractivity contribution in [2.24, 2.45) is 0 Å². The van der Waals surface area contributed by atoms with Crippen LogP contribution >= 0.6 is 11.3 Å². The molecule has 0 saturated carbocycles. The number of carbonyl (C=O) groups excluding carboxylic acids is 1. The molecule has 2 rings (SSSR count). The fourth-order valence-corrected chi connectivity index (χ4v) is 2.48. The van der Waals surface area contributed by atoms with E-state index >= 15 is 0 Å². The van der Waals surface area contributed by atoms with Crippen molar-refractivity contribution in [2.75, 3.05) is 0 Å². The molecule has 1 fully saturated rings. The molecule has 1 aliphatic heterocycles. The van der Waals surface area contributed by atoms with Crippen LogP contribution in [0.1, 0.15) is 17.7 Å². The molecule has 0 aromatic carbocycles. The molecule has 74 valence electrons. The third-order valence-electron chi connectivity index (χ3n) is 2.55. The monoisotopic (exact) mass is 207 g/mol. The second-order valence-corrected chi connectivity index (χ2v) is 4.47. The van der Waals surface area contributed by atoms with Gasteiger partial charge in [-0.25, -0.2) is 0 Å². The maximum atomic E-state index is 11.6. The van der Waals surface area contributed by atoms with Gasteiger partial charge in [0, 0.05) is 11.3 Å². The number of amides is 1. The van der Waals surface area contributed by atoms with E-state index in [-0.39, 0.29) is 11.9 Å². The molecule has 0 radical (unpaired) electrons. The molecular formula is C11H13NOS. The highest BCUT2D eigenvalue weighted by Crippen LogP contribution is 2.23. The summed E-state index contributed by atoms with van der Waals surface area (Å²) in [6.45, 7) is 4.51. The number of hydrogen-bond acceptors (Lipinski definition) is 2. The van der Waals surface area contributed by atoms with Crippen LogP contribution in [0.5, 0.6) is 0 Å². The van der Waals surface area contributed by atoms with E-state index in [1.807, 2.05) is 22.4 Å². The van der Waals surface area contributed by atoms with E-state index in [1.54, 1.807) is 11.3 Å². The topological polar surface area (TPSA) is 20.3 Å². The molecule has 1 aromatic heterocycles. The molecule has 2 nitrogen and oxygen atoms in total. The van der Waals surface area contributed by atoms with E-state index in [2.05, 4.69) is 12.6 Å². The molecule has 1 amide bonds. The molecule has 1 atom stereocenters. The van der Waals surface area contributed by atoms with Gasteiger partial charge >= 0.3 is 0 Å². The standard InChI is InChI=1S/C11H13NOS/c1-2-9-5-6-11(13)12(9)8-10-4-3-7-14-10/h2-4,7,9H,1,5-6,8H2/t9-/m1/s1. The zero-order chi connectivity index (χ0) is 9.97. The maximum absolute atomic E-state index is 11.6. The first-order valence-corrected chi connectivity index (χ1v) is 5.63. The molecular weight excluding hydrogens is 194 g/mol. The lowest BCUT2D eigenvalue weighted by atomic mass is 10.2. The summed E-state index contributed by atoms with van der Waals surface area (Å²) in [5, 5.41) is 2.04. The number of likely N-dealkylation sites (tertiary alicyclic amines) is 1. The Labute approximate surface area is 87.9 Å². The van der Waals surface area contributed by atoms with E-state index in [0.717, 1.165) is 13.0 Å². The Balaban J connectivity index is 2.08. The molecule has 1 aromatic rings. The number of rotatable bonds is 3. The molecule has 0 unspecified atom stereocenters. The van der Waals surface area contributed by atoms with Crippen LogP contribution in [0.4, 0.5) is 0 Å². The van der Waals surface area contributed by atoms with E-state index in [9.17, 15) is 4.79 Å². The van der Waals surface area contributed by atoms with Crippen molar-refractivity contribution in [3.63, 3.8) is 0 Å². The molecule has 2 heterocycles. The average molecular weight is 207 g/mol. The Hall–Kier alpha value is -1.09. The van der Waals surface area contributed by atoms with Gasteiger partial charge in [0.25, 0.3) is 0 Å². The highest BCUT2D eigenvalue weighted by Gasteiger charge is 2.28. The number of nitrogens with zero attached hydrogens (tertiary/aromatic N) is 1. The first-order chi connectivity index (χ1) is 6.81. The number of carbonyl (C=O) groups is 1. The smallest absolute Gasteiger partial charge is 0.223 e. The van der Waals surface area contributed by atoms with Crippen LogP contribution in [0.25, 0.3) is 0 Å². The van der Waals surface area contributed by atoms with Crippen LogP contribution in [-0.4, -0.2) is 16.8 Å². The van der Waals surface area contributed by atoms with Crippen LogP contribution in [0.3, 0.4) is 0 Å². The van der Waals surface area contributed by atoms with Crippen LogP contribution in [0.15, 0.2) is 30.2 Å². The second kappa shape index (κ2) is 3.96. The van der Waals surface area contributed by atoms with Crippen molar-refractivity contribution in [1.82, 2.24) is 4.90 Å². The van der Waals surface area contributed by atoms with Gasteiger partial charge < -0.3 is 4.90 Å². The lowest BCUT2D eigenvalue weighted by Crippen LogP contribution is -2.30. The first kappa shape index (κ1) is 9.46. The average Bonchev–Trinajstić information content (AvgIpc) is 2.79. The minimum atomic E-state index is 0.240. The van der Waals surface area contributed by atoms with Gasteiger partial charge in [-0.1, -0.05) is 12.1 Å². The van der Waals surface area contributed by atoms with E-state index < -0.39 is 0 Å². The van der Waals surface area contributed by atoms with Gasteiger partial charge in [-0.15, -0.1) is 17.9 Å². The quantitative estimate of drug-likeness (QED) is 0.697. The molecule has 14 heavy (non-hydrogen) atoms. The normalized spacial score (nSPS) is 21.6. The van der Waals surface area contributed by atoms with Crippen molar-refractivity contribution in [3.8, 4) is 0 Å². The molecule has 0 aliphatic carbocycles. The third kappa shape index (κ3) is 1.73. The summed E-state index contributed by atoms with van der Waals surface area (Å²) in [6, 6.07) is 4.32. The third-order valence-corrected chi connectivity index (χ3v) is 3.41. The fourth-order valence-electron chi connectivity index (χ4n) is 1.78. The largest absolute Gasteiger partial charge is 0.331 e. The van der Waals surface area contributed by atoms with Gasteiger partial charge in [-0.3, -0.25) is 4.79 Å². The van der Waals surface area contributed by atoms with Crippen LogP contribution in [0, 0.1) is 0 Å². The van der Waals surface area contributed by atoms with Crippen molar-refractivity contribution < 1.29 is 4.79 Å². The molecule has 3 heteroatoms. The van der Waals surface area contributed by atoms with Gasteiger partial charge in [0.15, 0.2) is 0 Å². The summed E-state index contributed by atoms with van der Waals surface area (Å²) in [6.07, 6.45) is 3.47. The number of hydrogen-bond donors (Lipinski definition) is 0. The summed E-state index contributed by atoms with van der Waals surface area (Å²) < 4.78 is 0. The highest BCUT2D eigenvalue weighted by atomic mass is 32.1. The van der Waals surface area contributed by atoms with E-state index in [0.29, 0.717) is 6.42 Å². The lowest BCUT2D eigenvalue weighted by molar-refractivity contribution is -0.128. The van der Waals surface area contributed by atoms with E-state index in [4.69, 9.17) is 0 Å². The van der Waals surface area contributed by atoms with Crippen molar-refractivity contribution in [3.05, 3.63) is 35.0 Å². The molecule has 0 bridgehead atoms. The minimum Gasteiger partial charge on any atom is -0.331 e.